The third kappa shape index (κ3) is 3.27. The van der Waals surface area contributed by atoms with Crippen molar-refractivity contribution in [1.82, 2.24) is 4.57 Å². The smallest absolute Gasteiger partial charge is 0.418 e. The Morgan fingerprint density at radius 3 is 2.40 bits per heavy atom. The van der Waals surface area contributed by atoms with Gasteiger partial charge in [-0.25, -0.2) is 4.79 Å². The van der Waals surface area contributed by atoms with Crippen LogP contribution in [0.25, 0.3) is 11.1 Å². The number of hydrogen-bond donors (Lipinski definition) is 1. The monoisotopic (exact) mass is 273 g/mol. The molecule has 1 heterocycles. The SMILES string of the molecule is CC(C)(C)OC(=O)n1cc(CO)c(-c2ccccc2)c1. The van der Waals surface area contributed by atoms with Crippen molar-refractivity contribution in [3.8, 4) is 11.1 Å². The van der Waals surface area contributed by atoms with Crippen LogP contribution in [0.5, 0.6) is 0 Å². The fraction of sp³-hybridized carbons (Fsp3) is 0.312. The van der Waals surface area contributed by atoms with E-state index in [1.54, 1.807) is 12.4 Å². The number of rotatable bonds is 2. The molecule has 0 atom stereocenters. The summed E-state index contributed by atoms with van der Waals surface area (Å²) in [5.74, 6) is 0. The summed E-state index contributed by atoms with van der Waals surface area (Å²) in [6.45, 7) is 5.33. The summed E-state index contributed by atoms with van der Waals surface area (Å²) in [5, 5.41) is 9.44. The molecule has 0 aliphatic carbocycles. The fourth-order valence-electron chi connectivity index (χ4n) is 1.92. The summed E-state index contributed by atoms with van der Waals surface area (Å²) in [4.78, 5) is 12.0. The number of aliphatic hydroxyl groups is 1. The Balaban J connectivity index is 2.35. The van der Waals surface area contributed by atoms with Gasteiger partial charge in [-0.1, -0.05) is 30.3 Å². The maximum atomic E-state index is 12.0. The van der Waals surface area contributed by atoms with Gasteiger partial charge in [0.1, 0.15) is 5.60 Å². The van der Waals surface area contributed by atoms with Gasteiger partial charge >= 0.3 is 6.09 Å². The highest BCUT2D eigenvalue weighted by atomic mass is 16.6. The topological polar surface area (TPSA) is 51.5 Å². The summed E-state index contributed by atoms with van der Waals surface area (Å²) >= 11 is 0. The number of hydrogen-bond acceptors (Lipinski definition) is 3. The third-order valence-corrected chi connectivity index (χ3v) is 2.77. The predicted molar refractivity (Wildman–Crippen MR) is 77.4 cm³/mol. The lowest BCUT2D eigenvalue weighted by Gasteiger charge is -2.19. The number of aromatic nitrogens is 1. The minimum atomic E-state index is -0.548. The third-order valence-electron chi connectivity index (χ3n) is 2.77. The molecule has 1 aromatic heterocycles. The average Bonchev–Trinajstić information content (AvgIpc) is 2.82. The van der Waals surface area contributed by atoms with Crippen molar-refractivity contribution in [2.24, 2.45) is 0 Å². The molecular formula is C16H19NO3. The van der Waals surface area contributed by atoms with Gasteiger partial charge in [0, 0.05) is 23.5 Å². The van der Waals surface area contributed by atoms with Crippen molar-refractivity contribution < 1.29 is 14.6 Å². The fourth-order valence-corrected chi connectivity index (χ4v) is 1.92. The molecule has 0 saturated carbocycles. The van der Waals surface area contributed by atoms with Crippen LogP contribution in [0.3, 0.4) is 0 Å². The molecule has 0 aliphatic heterocycles. The lowest BCUT2D eigenvalue weighted by Crippen LogP contribution is -2.26. The molecule has 20 heavy (non-hydrogen) atoms. The van der Waals surface area contributed by atoms with E-state index in [9.17, 15) is 9.90 Å². The predicted octanol–water partition coefficient (Wildman–Crippen LogP) is 3.43. The number of carbonyl (C=O) groups excluding carboxylic acids is 1. The van der Waals surface area contributed by atoms with E-state index < -0.39 is 11.7 Å². The van der Waals surface area contributed by atoms with Crippen molar-refractivity contribution in [2.75, 3.05) is 0 Å². The van der Waals surface area contributed by atoms with Gasteiger partial charge in [0.15, 0.2) is 0 Å². The molecule has 2 aromatic rings. The van der Waals surface area contributed by atoms with Gasteiger partial charge in [0.25, 0.3) is 0 Å². The van der Waals surface area contributed by atoms with Crippen LogP contribution < -0.4 is 0 Å². The van der Waals surface area contributed by atoms with Gasteiger partial charge in [-0.2, -0.15) is 0 Å². The van der Waals surface area contributed by atoms with Crippen LogP contribution >= 0.6 is 0 Å². The minimum Gasteiger partial charge on any atom is -0.443 e. The number of nitrogens with zero attached hydrogens (tertiary/aromatic N) is 1. The number of benzene rings is 1. The summed E-state index contributed by atoms with van der Waals surface area (Å²) in [7, 11) is 0. The zero-order valence-electron chi connectivity index (χ0n) is 12.0. The molecule has 0 radical (unpaired) electrons. The van der Waals surface area contributed by atoms with Gasteiger partial charge in [-0.15, -0.1) is 0 Å². The lowest BCUT2D eigenvalue weighted by molar-refractivity contribution is 0.0537. The Bertz CT molecular complexity index is 594. The molecule has 1 N–H and O–H groups in total. The Morgan fingerprint density at radius 2 is 1.85 bits per heavy atom. The van der Waals surface area contributed by atoms with Crippen molar-refractivity contribution >= 4 is 6.09 Å². The summed E-state index contributed by atoms with van der Waals surface area (Å²) in [6, 6.07) is 9.64. The van der Waals surface area contributed by atoms with Crippen LogP contribution in [0.4, 0.5) is 4.79 Å². The largest absolute Gasteiger partial charge is 0.443 e. The highest BCUT2D eigenvalue weighted by Crippen LogP contribution is 2.25. The van der Waals surface area contributed by atoms with E-state index >= 15 is 0 Å². The van der Waals surface area contributed by atoms with Crippen LogP contribution in [-0.2, 0) is 11.3 Å². The molecule has 0 saturated heterocycles. The molecule has 4 heteroatoms. The van der Waals surface area contributed by atoms with Crippen LogP contribution in [0.15, 0.2) is 42.7 Å². The number of aliphatic hydroxyl groups excluding tert-OH is 1. The van der Waals surface area contributed by atoms with Crippen molar-refractivity contribution in [3.63, 3.8) is 0 Å². The Hall–Kier alpha value is -2.07. The highest BCUT2D eigenvalue weighted by molar-refractivity contribution is 5.76. The number of ether oxygens (including phenoxy) is 1. The van der Waals surface area contributed by atoms with E-state index in [1.807, 2.05) is 51.1 Å². The van der Waals surface area contributed by atoms with Crippen LogP contribution in [0, 0.1) is 0 Å². The minimum absolute atomic E-state index is 0.125. The molecule has 0 bridgehead atoms. The second-order valence-corrected chi connectivity index (χ2v) is 5.61. The zero-order valence-corrected chi connectivity index (χ0v) is 12.0. The molecule has 0 aliphatic rings. The molecule has 0 spiro atoms. The van der Waals surface area contributed by atoms with Gasteiger partial charge in [0.2, 0.25) is 0 Å². The van der Waals surface area contributed by atoms with Gasteiger partial charge in [-0.05, 0) is 26.3 Å². The first-order chi connectivity index (χ1) is 9.40. The Kier molecular flexibility index (Phi) is 3.95. The van der Waals surface area contributed by atoms with Crippen molar-refractivity contribution in [1.29, 1.82) is 0 Å². The molecular weight excluding hydrogens is 254 g/mol. The first-order valence-corrected chi connectivity index (χ1v) is 6.51. The van der Waals surface area contributed by atoms with E-state index in [0.717, 1.165) is 11.1 Å². The van der Waals surface area contributed by atoms with E-state index in [4.69, 9.17) is 4.74 Å². The van der Waals surface area contributed by atoms with Crippen molar-refractivity contribution in [3.05, 3.63) is 48.3 Å². The second kappa shape index (κ2) is 5.51. The van der Waals surface area contributed by atoms with E-state index in [1.165, 1.54) is 4.57 Å². The molecule has 106 valence electrons. The highest BCUT2D eigenvalue weighted by Gasteiger charge is 2.19. The first kappa shape index (κ1) is 14.3. The maximum Gasteiger partial charge on any atom is 0.418 e. The number of carbonyl (C=O) groups is 1. The summed E-state index contributed by atoms with van der Waals surface area (Å²) < 4.78 is 6.69. The molecule has 0 amide bonds. The quantitative estimate of drug-likeness (QED) is 0.912. The second-order valence-electron chi connectivity index (χ2n) is 5.61. The summed E-state index contributed by atoms with van der Waals surface area (Å²) in [6.07, 6.45) is 2.85. The van der Waals surface area contributed by atoms with Crippen LogP contribution in [0.1, 0.15) is 26.3 Å². The normalized spacial score (nSPS) is 11.4. The first-order valence-electron chi connectivity index (χ1n) is 6.51. The zero-order chi connectivity index (χ0) is 14.8. The van der Waals surface area contributed by atoms with Crippen molar-refractivity contribution in [2.45, 2.75) is 33.0 Å². The standard InChI is InChI=1S/C16H19NO3/c1-16(2,3)20-15(19)17-9-13(11-18)14(10-17)12-7-5-4-6-8-12/h4-10,18H,11H2,1-3H3. The van der Waals surface area contributed by atoms with Crippen LogP contribution in [0.2, 0.25) is 0 Å². The van der Waals surface area contributed by atoms with Crippen LogP contribution in [-0.4, -0.2) is 21.4 Å². The average molecular weight is 273 g/mol. The molecule has 4 nitrogen and oxygen atoms in total. The van der Waals surface area contributed by atoms with Gasteiger partial charge in [0.05, 0.1) is 6.61 Å². The van der Waals surface area contributed by atoms with E-state index in [0.29, 0.717) is 5.56 Å². The lowest BCUT2D eigenvalue weighted by atomic mass is 10.1. The molecule has 0 fully saturated rings. The molecule has 1 aromatic carbocycles. The van der Waals surface area contributed by atoms with E-state index in [2.05, 4.69) is 0 Å². The van der Waals surface area contributed by atoms with E-state index in [-0.39, 0.29) is 6.61 Å². The van der Waals surface area contributed by atoms with Gasteiger partial charge in [-0.3, -0.25) is 4.57 Å². The maximum absolute atomic E-state index is 12.0. The molecule has 2 rings (SSSR count). The Morgan fingerprint density at radius 1 is 1.20 bits per heavy atom. The Labute approximate surface area is 118 Å². The molecule has 0 unspecified atom stereocenters. The van der Waals surface area contributed by atoms with Gasteiger partial charge < -0.3 is 9.84 Å². The summed E-state index contributed by atoms with van der Waals surface area (Å²) in [5.41, 5.74) is 1.94.